The van der Waals surface area contributed by atoms with Crippen molar-refractivity contribution in [3.63, 3.8) is 0 Å². The molecule has 1 atom stereocenters. The molecular formula is C11H23NO. The fraction of sp³-hybridized carbons (Fsp3) is 1.00. The molecule has 0 aromatic carbocycles. The molecule has 0 amide bonds. The summed E-state index contributed by atoms with van der Waals surface area (Å²) in [6, 6.07) is 0. The molecule has 0 bridgehead atoms. The van der Waals surface area contributed by atoms with Crippen LogP contribution in [0.4, 0.5) is 0 Å². The molecule has 1 N–H and O–H groups in total. The molecule has 0 spiro atoms. The number of hydrogen-bond acceptors (Lipinski definition) is 2. The van der Waals surface area contributed by atoms with Gasteiger partial charge in [0.1, 0.15) is 0 Å². The van der Waals surface area contributed by atoms with Gasteiger partial charge in [0.2, 0.25) is 0 Å². The first-order chi connectivity index (χ1) is 6.36. The molecule has 2 nitrogen and oxygen atoms in total. The molecule has 0 saturated carbocycles. The number of rotatable bonds is 4. The maximum atomic E-state index is 8.74. The van der Waals surface area contributed by atoms with Crippen LogP contribution in [-0.4, -0.2) is 36.2 Å². The van der Waals surface area contributed by atoms with Gasteiger partial charge < -0.3 is 10.0 Å². The van der Waals surface area contributed by atoms with Crippen LogP contribution in [0.1, 0.15) is 39.0 Å². The Morgan fingerprint density at radius 3 is 2.85 bits per heavy atom. The van der Waals surface area contributed by atoms with Gasteiger partial charge in [0, 0.05) is 13.2 Å². The standard InChI is InChI=1S/C11H23NO/c1-2-11-5-3-7-12(9-6-11)8-4-10-13/h11,13H,2-10H2,1H3. The third kappa shape index (κ3) is 4.10. The lowest BCUT2D eigenvalue weighted by atomic mass is 9.98. The lowest BCUT2D eigenvalue weighted by Crippen LogP contribution is -2.26. The third-order valence-electron chi connectivity index (χ3n) is 3.15. The first-order valence-electron chi connectivity index (χ1n) is 5.70. The summed E-state index contributed by atoms with van der Waals surface area (Å²) in [5, 5.41) is 8.74. The monoisotopic (exact) mass is 185 g/mol. The molecule has 1 aliphatic rings. The molecule has 0 aromatic heterocycles. The van der Waals surface area contributed by atoms with Gasteiger partial charge in [-0.25, -0.2) is 0 Å². The Labute approximate surface area is 81.9 Å². The zero-order valence-corrected chi connectivity index (χ0v) is 8.84. The van der Waals surface area contributed by atoms with Crippen molar-refractivity contribution >= 4 is 0 Å². The molecule has 2 heteroatoms. The van der Waals surface area contributed by atoms with E-state index < -0.39 is 0 Å². The summed E-state index contributed by atoms with van der Waals surface area (Å²) in [5.41, 5.74) is 0. The van der Waals surface area contributed by atoms with Crippen LogP contribution in [0.2, 0.25) is 0 Å². The van der Waals surface area contributed by atoms with Gasteiger partial charge in [0.25, 0.3) is 0 Å². The van der Waals surface area contributed by atoms with E-state index in [1.165, 1.54) is 38.8 Å². The molecule has 0 radical (unpaired) electrons. The van der Waals surface area contributed by atoms with Crippen molar-refractivity contribution in [2.45, 2.75) is 39.0 Å². The fourth-order valence-corrected chi connectivity index (χ4v) is 2.15. The largest absolute Gasteiger partial charge is 0.396 e. The molecule has 0 aliphatic carbocycles. The van der Waals surface area contributed by atoms with Crippen molar-refractivity contribution in [3.8, 4) is 0 Å². The van der Waals surface area contributed by atoms with E-state index in [0.717, 1.165) is 18.9 Å². The number of aliphatic hydroxyl groups excluding tert-OH is 1. The number of hydrogen-bond donors (Lipinski definition) is 1. The minimum atomic E-state index is 0.341. The van der Waals surface area contributed by atoms with Crippen LogP contribution in [-0.2, 0) is 0 Å². The Hall–Kier alpha value is -0.0800. The molecule has 1 saturated heterocycles. The molecule has 1 aliphatic heterocycles. The van der Waals surface area contributed by atoms with Crippen molar-refractivity contribution < 1.29 is 5.11 Å². The quantitative estimate of drug-likeness (QED) is 0.723. The summed E-state index contributed by atoms with van der Waals surface area (Å²) in [5.74, 6) is 0.958. The van der Waals surface area contributed by atoms with Gasteiger partial charge in [-0.1, -0.05) is 13.3 Å². The first kappa shape index (κ1) is 11.0. The van der Waals surface area contributed by atoms with Crippen LogP contribution in [0.15, 0.2) is 0 Å². The molecule has 0 aromatic rings. The van der Waals surface area contributed by atoms with Crippen LogP contribution in [0.25, 0.3) is 0 Å². The van der Waals surface area contributed by atoms with Gasteiger partial charge in [-0.3, -0.25) is 0 Å². The third-order valence-corrected chi connectivity index (χ3v) is 3.15. The predicted molar refractivity (Wildman–Crippen MR) is 55.8 cm³/mol. The van der Waals surface area contributed by atoms with Crippen molar-refractivity contribution in [3.05, 3.63) is 0 Å². The highest BCUT2D eigenvalue weighted by Crippen LogP contribution is 2.19. The SMILES string of the molecule is CCC1CCCN(CCCO)CC1. The van der Waals surface area contributed by atoms with Gasteiger partial charge in [0.15, 0.2) is 0 Å². The number of aliphatic hydroxyl groups is 1. The highest BCUT2D eigenvalue weighted by Gasteiger charge is 2.14. The van der Waals surface area contributed by atoms with Crippen molar-refractivity contribution in [2.24, 2.45) is 5.92 Å². The maximum Gasteiger partial charge on any atom is 0.0443 e. The van der Waals surface area contributed by atoms with E-state index in [1.54, 1.807) is 0 Å². The van der Waals surface area contributed by atoms with E-state index >= 15 is 0 Å². The van der Waals surface area contributed by atoms with Gasteiger partial charge in [0.05, 0.1) is 0 Å². The summed E-state index contributed by atoms with van der Waals surface area (Å²) in [7, 11) is 0. The molecule has 1 unspecified atom stereocenters. The van der Waals surface area contributed by atoms with Crippen LogP contribution in [0.3, 0.4) is 0 Å². The average molecular weight is 185 g/mol. The number of nitrogens with zero attached hydrogens (tertiary/aromatic N) is 1. The van der Waals surface area contributed by atoms with E-state index in [2.05, 4.69) is 11.8 Å². The zero-order chi connectivity index (χ0) is 9.52. The predicted octanol–water partition coefficient (Wildman–Crippen LogP) is 1.88. The van der Waals surface area contributed by atoms with Crippen LogP contribution in [0, 0.1) is 5.92 Å². The lowest BCUT2D eigenvalue weighted by Gasteiger charge is -2.19. The van der Waals surface area contributed by atoms with E-state index in [4.69, 9.17) is 5.11 Å². The van der Waals surface area contributed by atoms with Crippen molar-refractivity contribution in [1.82, 2.24) is 4.90 Å². The van der Waals surface area contributed by atoms with E-state index in [-0.39, 0.29) is 0 Å². The fourth-order valence-electron chi connectivity index (χ4n) is 2.15. The summed E-state index contributed by atoms with van der Waals surface area (Å²) in [6.07, 6.45) is 6.41. The number of likely N-dealkylation sites (tertiary alicyclic amines) is 1. The normalized spacial score (nSPS) is 25.8. The minimum Gasteiger partial charge on any atom is -0.396 e. The highest BCUT2D eigenvalue weighted by molar-refractivity contribution is 4.68. The van der Waals surface area contributed by atoms with E-state index in [1.807, 2.05) is 0 Å². The second-order valence-corrected chi connectivity index (χ2v) is 4.12. The molecule has 1 rings (SSSR count). The van der Waals surface area contributed by atoms with Crippen molar-refractivity contribution in [2.75, 3.05) is 26.2 Å². The second-order valence-electron chi connectivity index (χ2n) is 4.12. The topological polar surface area (TPSA) is 23.5 Å². The Morgan fingerprint density at radius 2 is 2.15 bits per heavy atom. The summed E-state index contributed by atoms with van der Waals surface area (Å²) in [4.78, 5) is 2.51. The summed E-state index contributed by atoms with van der Waals surface area (Å²) >= 11 is 0. The molecule has 13 heavy (non-hydrogen) atoms. The Morgan fingerprint density at radius 1 is 1.31 bits per heavy atom. The van der Waals surface area contributed by atoms with Crippen LogP contribution >= 0.6 is 0 Å². The molecule has 1 fully saturated rings. The summed E-state index contributed by atoms with van der Waals surface area (Å²) < 4.78 is 0. The Kier molecular flexibility index (Phi) is 5.40. The van der Waals surface area contributed by atoms with Crippen molar-refractivity contribution in [1.29, 1.82) is 0 Å². The van der Waals surface area contributed by atoms with E-state index in [9.17, 15) is 0 Å². The maximum absolute atomic E-state index is 8.74. The molecular weight excluding hydrogens is 162 g/mol. The Balaban J connectivity index is 2.19. The van der Waals surface area contributed by atoms with Crippen LogP contribution < -0.4 is 0 Å². The Bertz CT molecular complexity index is 127. The van der Waals surface area contributed by atoms with Crippen LogP contribution in [0.5, 0.6) is 0 Å². The smallest absolute Gasteiger partial charge is 0.0443 e. The van der Waals surface area contributed by atoms with Gasteiger partial charge in [-0.15, -0.1) is 0 Å². The zero-order valence-electron chi connectivity index (χ0n) is 8.84. The minimum absolute atomic E-state index is 0.341. The molecule has 78 valence electrons. The average Bonchev–Trinajstić information content (AvgIpc) is 2.39. The van der Waals surface area contributed by atoms with Gasteiger partial charge >= 0.3 is 0 Å². The van der Waals surface area contributed by atoms with Gasteiger partial charge in [-0.2, -0.15) is 0 Å². The van der Waals surface area contributed by atoms with Gasteiger partial charge in [-0.05, 0) is 44.7 Å². The summed E-state index contributed by atoms with van der Waals surface area (Å²) in [6.45, 7) is 6.23. The first-order valence-corrected chi connectivity index (χ1v) is 5.70. The molecule has 1 heterocycles. The highest BCUT2D eigenvalue weighted by atomic mass is 16.3. The van der Waals surface area contributed by atoms with E-state index in [0.29, 0.717) is 6.61 Å². The second kappa shape index (κ2) is 6.39. The lowest BCUT2D eigenvalue weighted by molar-refractivity contribution is 0.227.